The van der Waals surface area contributed by atoms with Gasteiger partial charge in [0.2, 0.25) is 5.91 Å². The van der Waals surface area contributed by atoms with Crippen molar-refractivity contribution >= 4 is 27.5 Å². The Morgan fingerprint density at radius 1 is 1.22 bits per heavy atom. The second-order valence-corrected chi connectivity index (χ2v) is 10.3. The maximum atomic E-state index is 12.7. The highest BCUT2D eigenvalue weighted by atomic mass is 79.9. The smallest absolute Gasteiger partial charge is 0.224 e. The highest BCUT2D eigenvalue weighted by molar-refractivity contribution is 9.10. The topological polar surface area (TPSA) is 29.1 Å². The number of carbonyl (C=O) groups is 1. The summed E-state index contributed by atoms with van der Waals surface area (Å²) in [5.41, 5.74) is 3.56. The summed E-state index contributed by atoms with van der Waals surface area (Å²) in [5.74, 6) is 1.88. The van der Waals surface area contributed by atoms with Crippen molar-refractivity contribution in [1.29, 1.82) is 0 Å². The summed E-state index contributed by atoms with van der Waals surface area (Å²) in [6.45, 7) is 4.13. The molecule has 4 atom stereocenters. The van der Waals surface area contributed by atoms with Crippen LogP contribution in [0.3, 0.4) is 0 Å². The van der Waals surface area contributed by atoms with Crippen molar-refractivity contribution in [2.75, 3.05) is 5.32 Å². The summed E-state index contributed by atoms with van der Waals surface area (Å²) in [4.78, 5) is 12.7. The minimum atomic E-state index is 0.205. The van der Waals surface area contributed by atoms with Crippen LogP contribution in [0.25, 0.3) is 0 Å². The molecule has 2 unspecified atom stereocenters. The Hall–Kier alpha value is -0.830. The van der Waals surface area contributed by atoms with E-state index in [0.29, 0.717) is 10.7 Å². The third kappa shape index (κ3) is 2.97. The van der Waals surface area contributed by atoms with Crippen LogP contribution in [0.5, 0.6) is 0 Å². The van der Waals surface area contributed by atoms with Crippen LogP contribution in [-0.4, -0.2) is 10.2 Å². The van der Waals surface area contributed by atoms with Crippen molar-refractivity contribution in [3.63, 3.8) is 0 Å². The van der Waals surface area contributed by atoms with Crippen LogP contribution in [0, 0.1) is 31.1 Å². The number of hydrogen-bond donors (Lipinski definition) is 1. The van der Waals surface area contributed by atoms with Crippen LogP contribution in [0.15, 0.2) is 18.2 Å². The van der Waals surface area contributed by atoms with Crippen molar-refractivity contribution in [2.24, 2.45) is 17.3 Å². The summed E-state index contributed by atoms with van der Waals surface area (Å²) in [6, 6.07) is 6.26. The molecule has 0 heterocycles. The van der Waals surface area contributed by atoms with E-state index in [1.165, 1.54) is 44.1 Å². The first-order chi connectivity index (χ1) is 10.8. The van der Waals surface area contributed by atoms with Gasteiger partial charge in [0, 0.05) is 16.4 Å². The largest absolute Gasteiger partial charge is 0.326 e. The summed E-state index contributed by atoms with van der Waals surface area (Å²) >= 11 is 4.04. The number of rotatable bonds is 3. The van der Waals surface area contributed by atoms with Gasteiger partial charge in [-0.1, -0.05) is 28.1 Å². The van der Waals surface area contributed by atoms with Gasteiger partial charge in [-0.25, -0.2) is 0 Å². The minimum Gasteiger partial charge on any atom is -0.326 e. The molecule has 1 aromatic carbocycles. The molecule has 0 radical (unpaired) electrons. The minimum absolute atomic E-state index is 0.205. The number of hydrogen-bond acceptors (Lipinski definition) is 1. The molecule has 1 N–H and O–H groups in total. The molecular formula is C20H26BrNO. The molecule has 4 saturated carbocycles. The first-order valence-electron chi connectivity index (χ1n) is 8.91. The summed E-state index contributed by atoms with van der Waals surface area (Å²) in [6.07, 6.45) is 8.45. The van der Waals surface area contributed by atoms with Gasteiger partial charge in [-0.05, 0) is 86.8 Å². The van der Waals surface area contributed by atoms with Gasteiger partial charge in [-0.15, -0.1) is 0 Å². The van der Waals surface area contributed by atoms with Crippen molar-refractivity contribution in [3.05, 3.63) is 29.3 Å². The first-order valence-corrected chi connectivity index (χ1v) is 9.70. The third-order valence-corrected chi connectivity index (χ3v) is 7.24. The highest BCUT2D eigenvalue weighted by Gasteiger charge is 2.57. The van der Waals surface area contributed by atoms with E-state index < -0.39 is 0 Å². The van der Waals surface area contributed by atoms with E-state index in [2.05, 4.69) is 53.3 Å². The lowest BCUT2D eigenvalue weighted by Gasteiger charge is -2.60. The predicted molar refractivity (Wildman–Crippen MR) is 97.9 cm³/mol. The average Bonchev–Trinajstić information content (AvgIpc) is 2.39. The Bertz CT molecular complexity index is 639. The zero-order valence-electron chi connectivity index (χ0n) is 14.1. The Labute approximate surface area is 147 Å². The number of alkyl halides is 1. The van der Waals surface area contributed by atoms with Gasteiger partial charge < -0.3 is 5.32 Å². The van der Waals surface area contributed by atoms with Crippen molar-refractivity contribution in [3.8, 4) is 0 Å². The van der Waals surface area contributed by atoms with E-state index in [9.17, 15) is 4.79 Å². The third-order valence-electron chi connectivity index (χ3n) is 6.31. The molecule has 0 saturated heterocycles. The van der Waals surface area contributed by atoms with Gasteiger partial charge in [-0.2, -0.15) is 0 Å². The molecule has 0 aliphatic heterocycles. The number of anilines is 1. The number of aryl methyl sites for hydroxylation is 2. The number of carbonyl (C=O) groups excluding carboxylic acids is 1. The zero-order valence-corrected chi connectivity index (χ0v) is 15.7. The Morgan fingerprint density at radius 3 is 2.57 bits per heavy atom. The molecule has 3 heteroatoms. The molecule has 4 aliphatic rings. The molecule has 23 heavy (non-hydrogen) atoms. The fraction of sp³-hybridized carbons (Fsp3) is 0.650. The molecule has 1 aromatic rings. The van der Waals surface area contributed by atoms with Gasteiger partial charge >= 0.3 is 0 Å². The van der Waals surface area contributed by atoms with Crippen LogP contribution in [0.2, 0.25) is 0 Å². The molecular weight excluding hydrogens is 350 g/mol. The van der Waals surface area contributed by atoms with Gasteiger partial charge in [0.05, 0.1) is 0 Å². The lowest BCUT2D eigenvalue weighted by atomic mass is 9.48. The highest BCUT2D eigenvalue weighted by Crippen LogP contribution is 2.65. The maximum absolute atomic E-state index is 12.7. The van der Waals surface area contributed by atoms with Crippen LogP contribution >= 0.6 is 15.9 Å². The van der Waals surface area contributed by atoms with Crippen LogP contribution < -0.4 is 5.32 Å². The summed E-state index contributed by atoms with van der Waals surface area (Å²) < 4.78 is 0.330. The molecule has 1 amide bonds. The normalized spacial score (nSPS) is 37.9. The number of halogens is 1. The Morgan fingerprint density at radius 2 is 1.91 bits per heavy atom. The van der Waals surface area contributed by atoms with E-state index in [-0.39, 0.29) is 11.3 Å². The van der Waals surface area contributed by atoms with Gasteiger partial charge in [-0.3, -0.25) is 4.79 Å². The molecule has 5 rings (SSSR count). The van der Waals surface area contributed by atoms with Gasteiger partial charge in [0.25, 0.3) is 0 Å². The molecule has 4 fully saturated rings. The maximum Gasteiger partial charge on any atom is 0.224 e. The molecule has 124 valence electrons. The van der Waals surface area contributed by atoms with Crippen molar-refractivity contribution < 1.29 is 4.79 Å². The summed E-state index contributed by atoms with van der Waals surface area (Å²) in [5, 5.41) is 3.18. The quantitative estimate of drug-likeness (QED) is 0.707. The average molecular weight is 376 g/mol. The number of benzene rings is 1. The van der Waals surface area contributed by atoms with E-state index >= 15 is 0 Å². The zero-order chi connectivity index (χ0) is 16.2. The van der Waals surface area contributed by atoms with Crippen LogP contribution in [0.1, 0.15) is 56.1 Å². The van der Waals surface area contributed by atoms with Crippen LogP contribution in [0.4, 0.5) is 5.69 Å². The first kappa shape index (κ1) is 15.7. The fourth-order valence-electron chi connectivity index (χ4n) is 5.95. The van der Waals surface area contributed by atoms with E-state index in [0.717, 1.165) is 23.1 Å². The molecule has 4 bridgehead atoms. The van der Waals surface area contributed by atoms with Crippen LogP contribution in [-0.2, 0) is 4.79 Å². The lowest BCUT2D eigenvalue weighted by Crippen LogP contribution is -2.53. The van der Waals surface area contributed by atoms with E-state index in [4.69, 9.17) is 0 Å². The molecule has 4 aliphatic carbocycles. The molecule has 0 spiro atoms. The molecule has 0 aromatic heterocycles. The predicted octanol–water partition coefficient (Wildman–Crippen LogP) is 5.37. The Balaban J connectivity index is 1.49. The van der Waals surface area contributed by atoms with Crippen molar-refractivity contribution in [1.82, 2.24) is 0 Å². The SMILES string of the molecule is Cc1ccc(C)c(NC(=O)CC23C[C@@H]4C[C@@H](CC(Br)(C4)C2)C3)c1. The second kappa shape index (κ2) is 5.34. The Kier molecular flexibility index (Phi) is 3.64. The lowest BCUT2D eigenvalue weighted by molar-refractivity contribution is -0.123. The van der Waals surface area contributed by atoms with Crippen molar-refractivity contribution in [2.45, 2.75) is 63.1 Å². The standard InChI is InChI=1S/C20H26BrNO/c1-13-3-4-14(2)17(5-13)22-18(23)11-19-7-15-6-16(8-19)10-20(21,9-15)12-19/h3-5,15-16H,6-12H2,1-2H3,(H,22,23)/t15-,16+,19?,20?. The number of nitrogens with one attached hydrogen (secondary N) is 1. The fourth-order valence-corrected chi connectivity index (χ4v) is 7.46. The van der Waals surface area contributed by atoms with Gasteiger partial charge in [0.15, 0.2) is 0 Å². The van der Waals surface area contributed by atoms with E-state index in [1.54, 1.807) is 0 Å². The second-order valence-electron chi connectivity index (χ2n) is 8.66. The molecule has 2 nitrogen and oxygen atoms in total. The van der Waals surface area contributed by atoms with Gasteiger partial charge in [0.1, 0.15) is 0 Å². The number of amides is 1. The monoisotopic (exact) mass is 375 g/mol. The van der Waals surface area contributed by atoms with E-state index in [1.807, 2.05) is 0 Å². The summed E-state index contributed by atoms with van der Waals surface area (Å²) in [7, 11) is 0.